The van der Waals surface area contributed by atoms with E-state index in [1.54, 1.807) is 11.0 Å². The van der Waals surface area contributed by atoms with Crippen molar-refractivity contribution in [1.29, 1.82) is 0 Å². The van der Waals surface area contributed by atoms with Crippen LogP contribution in [0.25, 0.3) is 0 Å². The van der Waals surface area contributed by atoms with Crippen LogP contribution in [0.5, 0.6) is 0 Å². The Hall–Kier alpha value is -2.23. The maximum Gasteiger partial charge on any atom is 0.254 e. The van der Waals surface area contributed by atoms with Crippen molar-refractivity contribution in [3.05, 3.63) is 99.0 Å². The van der Waals surface area contributed by atoms with Gasteiger partial charge in [0.1, 0.15) is 4.90 Å². The Labute approximate surface area is 237 Å². The zero-order valence-electron chi connectivity index (χ0n) is 20.8. The van der Waals surface area contributed by atoms with Crippen LogP contribution in [0.15, 0.2) is 82.2 Å². The van der Waals surface area contributed by atoms with Crippen molar-refractivity contribution >= 4 is 43.5 Å². The zero-order chi connectivity index (χ0) is 26.9. The Bertz CT molecular complexity index is 1390. The molecule has 2 atom stereocenters. The third-order valence-electron chi connectivity index (χ3n) is 7.53. The number of carbonyl (C=O) groups excluding carboxylic acids is 1. The topological polar surface area (TPSA) is 77.9 Å². The third kappa shape index (κ3) is 5.84. The SMILES string of the molecule is O=C(c1ccc(Cl)c(S(=O)(=O)N2CCC(Cc3ccccc3)CC2)c1)N1CC(O)CC1c1ccc(Br)cc1. The number of nitrogens with zero attached hydrogens (tertiary/aromatic N) is 2. The first-order chi connectivity index (χ1) is 18.2. The standard InChI is InChI=1S/C29H30BrClN2O4S/c30-24-9-6-22(7-10-24)27-18-25(34)19-33(27)29(35)23-8-11-26(31)28(17-23)38(36,37)32-14-12-21(13-15-32)16-20-4-2-1-3-5-20/h1-11,17,21,25,27,34H,12-16,18-19H2. The fourth-order valence-corrected chi connectivity index (χ4v) is 7.71. The fraction of sp³-hybridized carbons (Fsp3) is 0.345. The summed E-state index contributed by atoms with van der Waals surface area (Å²) < 4.78 is 29.6. The Morgan fingerprint density at radius 3 is 2.37 bits per heavy atom. The van der Waals surface area contributed by atoms with E-state index in [-0.39, 0.29) is 34.0 Å². The number of aliphatic hydroxyl groups is 1. The highest BCUT2D eigenvalue weighted by Crippen LogP contribution is 2.35. The van der Waals surface area contributed by atoms with Crippen molar-refractivity contribution < 1.29 is 18.3 Å². The third-order valence-corrected chi connectivity index (χ3v) is 10.4. The molecule has 2 unspecified atom stereocenters. The summed E-state index contributed by atoms with van der Waals surface area (Å²) in [6.45, 7) is 1.01. The van der Waals surface area contributed by atoms with Gasteiger partial charge in [-0.3, -0.25) is 4.79 Å². The van der Waals surface area contributed by atoms with Crippen LogP contribution >= 0.6 is 27.5 Å². The minimum Gasteiger partial charge on any atom is -0.391 e. The van der Waals surface area contributed by atoms with E-state index in [0.29, 0.717) is 25.4 Å². The maximum atomic E-state index is 13.6. The number of rotatable bonds is 6. The maximum absolute atomic E-state index is 13.6. The molecule has 5 rings (SSSR count). The molecule has 3 aromatic carbocycles. The van der Waals surface area contributed by atoms with Crippen molar-refractivity contribution in [1.82, 2.24) is 9.21 Å². The summed E-state index contributed by atoms with van der Waals surface area (Å²) in [5.74, 6) is 0.0912. The molecule has 0 bridgehead atoms. The number of β-amino-alcohol motifs (C(OH)–C–C–N with tert-alkyl or cyclic N) is 1. The normalized spacial score (nSPS) is 21.1. The van der Waals surface area contributed by atoms with Crippen molar-refractivity contribution in [2.24, 2.45) is 5.92 Å². The Morgan fingerprint density at radius 1 is 1.00 bits per heavy atom. The quantitative estimate of drug-likeness (QED) is 0.385. The first kappa shape index (κ1) is 27.3. The average molecular weight is 618 g/mol. The molecule has 0 spiro atoms. The summed E-state index contributed by atoms with van der Waals surface area (Å²) in [5, 5.41) is 10.5. The highest BCUT2D eigenvalue weighted by Gasteiger charge is 2.37. The fourth-order valence-electron chi connectivity index (χ4n) is 5.48. The van der Waals surface area contributed by atoms with Crippen LogP contribution in [0.3, 0.4) is 0 Å². The van der Waals surface area contributed by atoms with E-state index in [1.165, 1.54) is 22.0 Å². The Balaban J connectivity index is 1.33. The molecule has 2 saturated heterocycles. The van der Waals surface area contributed by atoms with E-state index in [0.717, 1.165) is 29.3 Å². The number of piperidine rings is 1. The molecule has 2 heterocycles. The lowest BCUT2D eigenvalue weighted by atomic mass is 9.91. The molecule has 2 aliphatic heterocycles. The largest absolute Gasteiger partial charge is 0.391 e. The molecule has 9 heteroatoms. The van der Waals surface area contributed by atoms with E-state index >= 15 is 0 Å². The molecule has 2 fully saturated rings. The highest BCUT2D eigenvalue weighted by molar-refractivity contribution is 9.10. The number of amides is 1. The van der Waals surface area contributed by atoms with Crippen LogP contribution in [-0.4, -0.2) is 54.4 Å². The minimum absolute atomic E-state index is 0.0496. The van der Waals surface area contributed by atoms with Crippen LogP contribution in [0.2, 0.25) is 5.02 Å². The predicted molar refractivity (Wildman–Crippen MR) is 152 cm³/mol. The molecule has 2 aliphatic rings. The highest BCUT2D eigenvalue weighted by atomic mass is 79.9. The number of benzene rings is 3. The molecule has 0 aromatic heterocycles. The molecular weight excluding hydrogens is 588 g/mol. The van der Waals surface area contributed by atoms with E-state index in [4.69, 9.17) is 11.6 Å². The van der Waals surface area contributed by atoms with Gasteiger partial charge in [-0.15, -0.1) is 0 Å². The van der Waals surface area contributed by atoms with Crippen molar-refractivity contribution in [3.63, 3.8) is 0 Å². The van der Waals surface area contributed by atoms with Crippen LogP contribution in [0, 0.1) is 5.92 Å². The van der Waals surface area contributed by atoms with Crippen molar-refractivity contribution in [3.8, 4) is 0 Å². The van der Waals surface area contributed by atoms with Gasteiger partial charge in [0.2, 0.25) is 10.0 Å². The van der Waals surface area contributed by atoms with E-state index in [1.807, 2.05) is 42.5 Å². The molecule has 1 amide bonds. The number of halogens is 2. The van der Waals surface area contributed by atoms with Gasteiger partial charge in [-0.05, 0) is 73.1 Å². The summed E-state index contributed by atoms with van der Waals surface area (Å²) in [6, 6.07) is 22.0. The first-order valence-corrected chi connectivity index (χ1v) is 15.4. The molecule has 3 aromatic rings. The monoisotopic (exact) mass is 616 g/mol. The summed E-state index contributed by atoms with van der Waals surface area (Å²) in [7, 11) is -3.87. The van der Waals surface area contributed by atoms with Gasteiger partial charge in [0, 0.05) is 29.7 Å². The number of hydrogen-bond acceptors (Lipinski definition) is 4. The van der Waals surface area contributed by atoms with Crippen LogP contribution in [0.4, 0.5) is 0 Å². The van der Waals surface area contributed by atoms with Crippen LogP contribution in [0.1, 0.15) is 46.8 Å². The average Bonchev–Trinajstić information content (AvgIpc) is 3.31. The lowest BCUT2D eigenvalue weighted by Crippen LogP contribution is -2.39. The number of likely N-dealkylation sites (tertiary alicyclic amines) is 1. The Morgan fingerprint density at radius 2 is 1.68 bits per heavy atom. The van der Waals surface area contributed by atoms with E-state index < -0.39 is 16.1 Å². The molecular formula is C29H30BrClN2O4S. The minimum atomic E-state index is -3.87. The van der Waals surface area contributed by atoms with Gasteiger partial charge in [-0.1, -0.05) is 70.0 Å². The summed E-state index contributed by atoms with van der Waals surface area (Å²) in [6.07, 6.45) is 2.24. The van der Waals surface area contributed by atoms with Crippen LogP contribution in [-0.2, 0) is 16.4 Å². The number of sulfonamides is 1. The summed E-state index contributed by atoms with van der Waals surface area (Å²) in [5.41, 5.74) is 2.41. The van der Waals surface area contributed by atoms with Gasteiger partial charge >= 0.3 is 0 Å². The number of aliphatic hydroxyl groups excluding tert-OH is 1. The molecule has 38 heavy (non-hydrogen) atoms. The summed E-state index contributed by atoms with van der Waals surface area (Å²) in [4.78, 5) is 15.1. The lowest BCUT2D eigenvalue weighted by molar-refractivity contribution is 0.0715. The van der Waals surface area contributed by atoms with Gasteiger partial charge in [0.15, 0.2) is 0 Å². The Kier molecular flexibility index (Phi) is 8.26. The molecule has 6 nitrogen and oxygen atoms in total. The molecule has 0 aliphatic carbocycles. The zero-order valence-corrected chi connectivity index (χ0v) is 24.0. The molecule has 0 saturated carbocycles. The van der Waals surface area contributed by atoms with Gasteiger partial charge in [-0.25, -0.2) is 8.42 Å². The van der Waals surface area contributed by atoms with Gasteiger partial charge < -0.3 is 10.0 Å². The second kappa shape index (κ2) is 11.5. The predicted octanol–water partition coefficient (Wildman–Crippen LogP) is 5.69. The summed E-state index contributed by atoms with van der Waals surface area (Å²) >= 11 is 9.81. The molecule has 1 N–H and O–H groups in total. The second-order valence-electron chi connectivity index (χ2n) is 10.1. The first-order valence-electron chi connectivity index (χ1n) is 12.8. The lowest BCUT2D eigenvalue weighted by Gasteiger charge is -2.31. The smallest absolute Gasteiger partial charge is 0.254 e. The van der Waals surface area contributed by atoms with Gasteiger partial charge in [-0.2, -0.15) is 4.31 Å². The number of carbonyl (C=O) groups is 1. The van der Waals surface area contributed by atoms with Crippen LogP contribution < -0.4 is 0 Å². The van der Waals surface area contributed by atoms with E-state index in [9.17, 15) is 18.3 Å². The van der Waals surface area contributed by atoms with Gasteiger partial charge in [0.25, 0.3) is 5.91 Å². The van der Waals surface area contributed by atoms with E-state index in [2.05, 4.69) is 28.1 Å². The molecule has 0 radical (unpaired) electrons. The number of hydrogen-bond donors (Lipinski definition) is 1. The second-order valence-corrected chi connectivity index (χ2v) is 13.3. The van der Waals surface area contributed by atoms with Crippen molar-refractivity contribution in [2.45, 2.75) is 42.7 Å². The molecule has 200 valence electrons. The van der Waals surface area contributed by atoms with Gasteiger partial charge in [0.05, 0.1) is 17.2 Å². The van der Waals surface area contributed by atoms with Crippen molar-refractivity contribution in [2.75, 3.05) is 19.6 Å².